The lowest BCUT2D eigenvalue weighted by Crippen LogP contribution is -2.39. The zero-order valence-electron chi connectivity index (χ0n) is 14.0. The number of hydrogen-bond acceptors (Lipinski definition) is 5. The highest BCUT2D eigenvalue weighted by Crippen LogP contribution is 2.40. The minimum atomic E-state index is -0.233. The highest BCUT2D eigenvalue weighted by Gasteiger charge is 2.41. The number of aromatic nitrogens is 1. The van der Waals surface area contributed by atoms with Crippen LogP contribution in [0.4, 0.5) is 0 Å². The molecule has 0 N–H and O–H groups in total. The maximum Gasteiger partial charge on any atom is 0.309 e. The first-order valence-electron chi connectivity index (χ1n) is 8.91. The third-order valence-electron chi connectivity index (χ3n) is 5.33. The number of Topliss-reactive ketones (excluding diaryl/α,β-unsaturated/α-hetero) is 1. The summed E-state index contributed by atoms with van der Waals surface area (Å²) in [5.74, 6) is 1.10. The van der Waals surface area contributed by atoms with Crippen LogP contribution < -0.4 is 0 Å². The zero-order chi connectivity index (χ0) is 17.2. The Morgan fingerprint density at radius 1 is 1.16 bits per heavy atom. The van der Waals surface area contributed by atoms with Crippen molar-refractivity contribution in [3.63, 3.8) is 0 Å². The van der Waals surface area contributed by atoms with Crippen LogP contribution in [0.3, 0.4) is 0 Å². The van der Waals surface area contributed by atoms with E-state index < -0.39 is 0 Å². The molecule has 0 spiro atoms. The number of fused-ring (bicyclic) bond motifs is 2. The number of esters is 1. The number of hydrogen-bond donors (Lipinski definition) is 0. The second-order valence-corrected chi connectivity index (χ2v) is 6.99. The van der Waals surface area contributed by atoms with Gasteiger partial charge < -0.3 is 9.15 Å². The molecule has 0 amide bonds. The first-order chi connectivity index (χ1) is 12.2. The van der Waals surface area contributed by atoms with E-state index in [4.69, 9.17) is 9.15 Å². The van der Waals surface area contributed by atoms with E-state index >= 15 is 0 Å². The molecule has 5 heteroatoms. The van der Waals surface area contributed by atoms with Crippen molar-refractivity contribution in [2.75, 3.05) is 0 Å². The van der Waals surface area contributed by atoms with Crippen LogP contribution in [0.1, 0.15) is 38.0 Å². The standard InChI is InChI=1S/C20H21NO4/c22-19-14-7-4-8-15(19)10-16(9-14)20(23)24-12-18-21-11-17(25-18)13-5-2-1-3-6-13/h1-3,5-6,11,14-16H,4,7-10,12H2/t14-,15+,16?. The number of carbonyl (C=O) groups is 2. The van der Waals surface area contributed by atoms with Gasteiger partial charge in [0.1, 0.15) is 5.78 Å². The molecule has 1 unspecified atom stereocenters. The van der Waals surface area contributed by atoms with Gasteiger partial charge in [-0.2, -0.15) is 0 Å². The molecule has 1 aromatic carbocycles. The van der Waals surface area contributed by atoms with Crippen LogP contribution in [0, 0.1) is 17.8 Å². The van der Waals surface area contributed by atoms with Crippen LogP contribution in [0.5, 0.6) is 0 Å². The Labute approximate surface area is 146 Å². The van der Waals surface area contributed by atoms with Gasteiger partial charge in [-0.25, -0.2) is 4.98 Å². The van der Waals surface area contributed by atoms with Crippen molar-refractivity contribution >= 4 is 11.8 Å². The number of rotatable bonds is 4. The fraction of sp³-hybridized carbons (Fsp3) is 0.450. The monoisotopic (exact) mass is 339 g/mol. The topological polar surface area (TPSA) is 69.4 Å². The van der Waals surface area contributed by atoms with Crippen LogP contribution in [-0.4, -0.2) is 16.7 Å². The maximum atomic E-state index is 12.4. The Morgan fingerprint density at radius 3 is 2.60 bits per heavy atom. The van der Waals surface area contributed by atoms with E-state index in [0.29, 0.717) is 30.3 Å². The fourth-order valence-electron chi connectivity index (χ4n) is 4.04. The SMILES string of the molecule is O=C(OCc1ncc(-c2ccccc2)o1)C1C[C@H]2CCC[C@@H](C1)C2=O. The molecule has 5 nitrogen and oxygen atoms in total. The van der Waals surface area contributed by atoms with Crippen LogP contribution in [0.15, 0.2) is 40.9 Å². The fourth-order valence-corrected chi connectivity index (χ4v) is 4.04. The van der Waals surface area contributed by atoms with Gasteiger partial charge in [0.05, 0.1) is 12.1 Å². The van der Waals surface area contributed by atoms with Crippen molar-refractivity contribution in [3.8, 4) is 11.3 Å². The summed E-state index contributed by atoms with van der Waals surface area (Å²) in [5.41, 5.74) is 0.936. The molecule has 0 radical (unpaired) electrons. The van der Waals surface area contributed by atoms with Crippen LogP contribution in [-0.2, 0) is 20.9 Å². The third-order valence-corrected chi connectivity index (χ3v) is 5.33. The van der Waals surface area contributed by atoms with E-state index in [1.807, 2.05) is 30.3 Å². The number of nitrogens with zero attached hydrogens (tertiary/aromatic N) is 1. The minimum Gasteiger partial charge on any atom is -0.455 e. The Morgan fingerprint density at radius 2 is 1.88 bits per heavy atom. The molecule has 3 atom stereocenters. The average Bonchev–Trinajstić information content (AvgIpc) is 3.09. The van der Waals surface area contributed by atoms with Gasteiger partial charge in [0.2, 0.25) is 5.89 Å². The molecular weight excluding hydrogens is 318 g/mol. The van der Waals surface area contributed by atoms with Crippen LogP contribution >= 0.6 is 0 Å². The number of carbonyl (C=O) groups excluding carboxylic acids is 2. The second kappa shape index (κ2) is 6.82. The number of ketones is 1. The quantitative estimate of drug-likeness (QED) is 0.793. The van der Waals surface area contributed by atoms with E-state index in [2.05, 4.69) is 4.98 Å². The van der Waals surface area contributed by atoms with E-state index in [1.54, 1.807) is 6.20 Å². The molecule has 0 aliphatic heterocycles. The summed E-state index contributed by atoms with van der Waals surface area (Å²) in [6, 6.07) is 9.67. The molecule has 1 heterocycles. The smallest absolute Gasteiger partial charge is 0.309 e. The Kier molecular flexibility index (Phi) is 4.38. The molecule has 2 bridgehead atoms. The summed E-state index contributed by atoms with van der Waals surface area (Å²) in [5, 5.41) is 0. The van der Waals surface area contributed by atoms with Crippen molar-refractivity contribution in [3.05, 3.63) is 42.4 Å². The maximum absolute atomic E-state index is 12.4. The summed E-state index contributed by atoms with van der Waals surface area (Å²) in [4.78, 5) is 28.7. The van der Waals surface area contributed by atoms with Crippen molar-refractivity contribution in [1.29, 1.82) is 0 Å². The molecule has 130 valence electrons. The number of oxazole rings is 1. The van der Waals surface area contributed by atoms with Gasteiger partial charge in [0.25, 0.3) is 0 Å². The van der Waals surface area contributed by atoms with Gasteiger partial charge in [-0.1, -0.05) is 36.8 Å². The van der Waals surface area contributed by atoms with Gasteiger partial charge >= 0.3 is 5.97 Å². The zero-order valence-corrected chi connectivity index (χ0v) is 14.0. The molecule has 4 rings (SSSR count). The molecular formula is C20H21NO4. The van der Waals surface area contributed by atoms with Gasteiger partial charge in [0.15, 0.2) is 12.4 Å². The molecule has 2 aliphatic rings. The Bertz CT molecular complexity index is 751. The summed E-state index contributed by atoms with van der Waals surface area (Å²) in [6.07, 6.45) is 5.84. The summed E-state index contributed by atoms with van der Waals surface area (Å²) < 4.78 is 11.1. The summed E-state index contributed by atoms with van der Waals surface area (Å²) in [7, 11) is 0. The van der Waals surface area contributed by atoms with E-state index in [9.17, 15) is 9.59 Å². The lowest BCUT2D eigenvalue weighted by atomic mass is 9.67. The average molecular weight is 339 g/mol. The lowest BCUT2D eigenvalue weighted by Gasteiger charge is -2.36. The molecule has 2 aromatic rings. The molecule has 2 aliphatic carbocycles. The normalized spacial score (nSPS) is 25.6. The van der Waals surface area contributed by atoms with Crippen molar-refractivity contribution in [1.82, 2.24) is 4.98 Å². The lowest BCUT2D eigenvalue weighted by molar-refractivity contribution is -0.155. The van der Waals surface area contributed by atoms with Gasteiger partial charge in [-0.3, -0.25) is 9.59 Å². The largest absolute Gasteiger partial charge is 0.455 e. The summed E-state index contributed by atoms with van der Waals surface area (Å²) >= 11 is 0. The molecule has 1 aromatic heterocycles. The van der Waals surface area contributed by atoms with Crippen LogP contribution in [0.2, 0.25) is 0 Å². The van der Waals surface area contributed by atoms with E-state index in [1.165, 1.54) is 0 Å². The van der Waals surface area contributed by atoms with Gasteiger partial charge in [-0.05, 0) is 25.7 Å². The van der Waals surface area contributed by atoms with Crippen LogP contribution in [0.25, 0.3) is 11.3 Å². The minimum absolute atomic E-state index is 0.0332. The van der Waals surface area contributed by atoms with Gasteiger partial charge in [0, 0.05) is 17.4 Å². The first kappa shape index (κ1) is 16.1. The van der Waals surface area contributed by atoms with Crippen molar-refractivity contribution in [2.45, 2.75) is 38.7 Å². The molecule has 25 heavy (non-hydrogen) atoms. The summed E-state index contributed by atoms with van der Waals surface area (Å²) in [6.45, 7) is 0.0332. The predicted molar refractivity (Wildman–Crippen MR) is 90.3 cm³/mol. The molecule has 0 saturated heterocycles. The third kappa shape index (κ3) is 3.36. The number of ether oxygens (including phenoxy) is 1. The van der Waals surface area contributed by atoms with Crippen molar-refractivity contribution in [2.24, 2.45) is 17.8 Å². The van der Waals surface area contributed by atoms with Crippen molar-refractivity contribution < 1.29 is 18.7 Å². The second-order valence-electron chi connectivity index (χ2n) is 6.99. The van der Waals surface area contributed by atoms with Gasteiger partial charge in [-0.15, -0.1) is 0 Å². The highest BCUT2D eigenvalue weighted by molar-refractivity contribution is 5.87. The van der Waals surface area contributed by atoms with E-state index in [0.717, 1.165) is 24.8 Å². The Balaban J connectivity index is 1.35. The highest BCUT2D eigenvalue weighted by atomic mass is 16.5. The van der Waals surface area contributed by atoms with E-state index in [-0.39, 0.29) is 30.3 Å². The first-order valence-corrected chi connectivity index (χ1v) is 8.91. The predicted octanol–water partition coefficient (Wildman–Crippen LogP) is 3.78. The molecule has 2 saturated carbocycles. The number of benzene rings is 1. The molecule has 2 fully saturated rings. The Hall–Kier alpha value is -2.43.